The summed E-state index contributed by atoms with van der Waals surface area (Å²) in [7, 11) is 2.09. The van der Waals surface area contributed by atoms with Crippen molar-refractivity contribution < 1.29 is 4.79 Å². The number of carbonyl (C=O) groups is 1. The van der Waals surface area contributed by atoms with E-state index in [-0.39, 0.29) is 11.9 Å². The Morgan fingerprint density at radius 1 is 1.21 bits per heavy atom. The molecule has 0 saturated heterocycles. The van der Waals surface area contributed by atoms with Crippen LogP contribution < -0.4 is 10.2 Å². The zero-order valence-corrected chi connectivity index (χ0v) is 17.7. The van der Waals surface area contributed by atoms with Crippen molar-refractivity contribution in [2.24, 2.45) is 4.99 Å². The Labute approximate surface area is 179 Å². The molecule has 1 aliphatic rings. The highest BCUT2D eigenvalue weighted by atomic mass is 35.5. The minimum absolute atomic E-state index is 0.0167. The van der Waals surface area contributed by atoms with Crippen LogP contribution in [-0.2, 0) is 0 Å². The predicted octanol–water partition coefficient (Wildman–Crippen LogP) is 4.88. The number of nitrogens with one attached hydrogen (secondary N) is 1. The fourth-order valence-electron chi connectivity index (χ4n) is 3.58. The molecule has 0 bridgehead atoms. The lowest BCUT2D eigenvalue weighted by Crippen LogP contribution is -2.37. The Hall–Kier alpha value is -2.63. The highest BCUT2D eigenvalue weighted by Gasteiger charge is 2.24. The standard InChI is InChI=1S/C23H22ClN3OS/c1-27-18(11-12-25-23(28)21-8-5-13-29-21)15-26-22(16-6-3-2-4-7-16)19-14-17(24)9-10-20(19)27/h2-10,13-14,18H,11-12,15H2,1H3,(H,25,28)/t18-/m0/s1. The van der Waals surface area contributed by atoms with Gasteiger partial charge in [0.25, 0.3) is 5.91 Å². The third-order valence-electron chi connectivity index (χ3n) is 5.16. The molecule has 1 aliphatic heterocycles. The zero-order chi connectivity index (χ0) is 20.2. The fourth-order valence-corrected chi connectivity index (χ4v) is 4.39. The highest BCUT2D eigenvalue weighted by molar-refractivity contribution is 7.12. The first-order valence-electron chi connectivity index (χ1n) is 9.58. The number of aliphatic imine (C=N–C) groups is 1. The molecule has 4 nitrogen and oxygen atoms in total. The number of anilines is 1. The Morgan fingerprint density at radius 3 is 2.79 bits per heavy atom. The van der Waals surface area contributed by atoms with Crippen molar-refractivity contribution in [2.75, 3.05) is 25.0 Å². The van der Waals surface area contributed by atoms with Gasteiger partial charge in [0.05, 0.1) is 17.1 Å². The summed E-state index contributed by atoms with van der Waals surface area (Å²) in [6, 6.07) is 20.1. The summed E-state index contributed by atoms with van der Waals surface area (Å²) in [5, 5.41) is 5.63. The van der Waals surface area contributed by atoms with E-state index in [1.807, 2.05) is 47.8 Å². The summed E-state index contributed by atoms with van der Waals surface area (Å²) < 4.78 is 0. The first-order valence-corrected chi connectivity index (χ1v) is 10.8. The summed E-state index contributed by atoms with van der Waals surface area (Å²) in [6.45, 7) is 1.26. The van der Waals surface area contributed by atoms with Crippen LogP contribution in [0.1, 0.15) is 27.2 Å². The van der Waals surface area contributed by atoms with E-state index in [4.69, 9.17) is 16.6 Å². The SMILES string of the molecule is CN1c2ccc(Cl)cc2C(c2ccccc2)=NC[C@@H]1CCNC(=O)c1cccs1. The summed E-state index contributed by atoms with van der Waals surface area (Å²) >= 11 is 7.77. The van der Waals surface area contributed by atoms with Gasteiger partial charge in [-0.05, 0) is 36.1 Å². The van der Waals surface area contributed by atoms with Crippen molar-refractivity contribution >= 4 is 40.2 Å². The van der Waals surface area contributed by atoms with Crippen LogP contribution in [0.5, 0.6) is 0 Å². The molecule has 148 valence electrons. The quantitative estimate of drug-likeness (QED) is 0.635. The molecule has 0 radical (unpaired) electrons. The van der Waals surface area contributed by atoms with Crippen LogP contribution in [0.4, 0.5) is 5.69 Å². The zero-order valence-electron chi connectivity index (χ0n) is 16.1. The van der Waals surface area contributed by atoms with Crippen LogP contribution in [0.15, 0.2) is 71.0 Å². The fraction of sp³-hybridized carbons (Fsp3) is 0.217. The topological polar surface area (TPSA) is 44.7 Å². The molecule has 0 aliphatic carbocycles. The van der Waals surface area contributed by atoms with E-state index in [1.54, 1.807) is 0 Å². The molecule has 3 aromatic rings. The number of fused-ring (bicyclic) bond motifs is 1. The van der Waals surface area contributed by atoms with Gasteiger partial charge < -0.3 is 10.2 Å². The monoisotopic (exact) mass is 423 g/mol. The smallest absolute Gasteiger partial charge is 0.261 e. The molecule has 1 atom stereocenters. The number of benzene rings is 2. The molecular formula is C23H22ClN3OS. The van der Waals surface area contributed by atoms with E-state index in [2.05, 4.69) is 35.5 Å². The summed E-state index contributed by atoms with van der Waals surface area (Å²) in [5.74, 6) is -0.0167. The number of benzodiazepines with no additional fused rings is 1. The molecule has 6 heteroatoms. The van der Waals surface area contributed by atoms with Crippen molar-refractivity contribution in [3.63, 3.8) is 0 Å². The number of carbonyl (C=O) groups excluding carboxylic acids is 1. The van der Waals surface area contributed by atoms with Crippen LogP contribution >= 0.6 is 22.9 Å². The first-order chi connectivity index (χ1) is 14.1. The lowest BCUT2D eigenvalue weighted by molar-refractivity contribution is 0.0956. The van der Waals surface area contributed by atoms with Crippen molar-refractivity contribution in [3.05, 3.63) is 87.1 Å². The van der Waals surface area contributed by atoms with E-state index in [0.29, 0.717) is 18.1 Å². The van der Waals surface area contributed by atoms with Gasteiger partial charge in [0.15, 0.2) is 0 Å². The Kier molecular flexibility index (Phi) is 5.97. The second-order valence-corrected chi connectivity index (χ2v) is 8.39. The lowest BCUT2D eigenvalue weighted by atomic mass is 10.00. The van der Waals surface area contributed by atoms with E-state index < -0.39 is 0 Å². The molecule has 0 saturated carbocycles. The third kappa shape index (κ3) is 4.36. The molecular weight excluding hydrogens is 402 g/mol. The maximum absolute atomic E-state index is 12.2. The number of thiophene rings is 1. The maximum atomic E-state index is 12.2. The van der Waals surface area contributed by atoms with Gasteiger partial charge in [0, 0.05) is 41.5 Å². The van der Waals surface area contributed by atoms with Crippen LogP contribution in [-0.4, -0.2) is 37.8 Å². The van der Waals surface area contributed by atoms with E-state index in [1.165, 1.54) is 11.3 Å². The molecule has 1 aromatic heterocycles. The maximum Gasteiger partial charge on any atom is 0.261 e. The van der Waals surface area contributed by atoms with Gasteiger partial charge in [0.2, 0.25) is 0 Å². The summed E-state index contributed by atoms with van der Waals surface area (Å²) in [5.41, 5.74) is 4.18. The Morgan fingerprint density at radius 2 is 2.03 bits per heavy atom. The van der Waals surface area contributed by atoms with Gasteiger partial charge in [0.1, 0.15) is 0 Å². The van der Waals surface area contributed by atoms with Crippen molar-refractivity contribution in [1.82, 2.24) is 5.32 Å². The van der Waals surface area contributed by atoms with Gasteiger partial charge in [-0.2, -0.15) is 0 Å². The molecule has 2 aromatic carbocycles. The summed E-state index contributed by atoms with van der Waals surface area (Å²) in [6.07, 6.45) is 0.807. The second-order valence-electron chi connectivity index (χ2n) is 7.00. The Balaban J connectivity index is 1.56. The largest absolute Gasteiger partial charge is 0.369 e. The van der Waals surface area contributed by atoms with Gasteiger partial charge in [-0.3, -0.25) is 9.79 Å². The average molecular weight is 424 g/mol. The van der Waals surface area contributed by atoms with Gasteiger partial charge in [-0.25, -0.2) is 0 Å². The molecule has 29 heavy (non-hydrogen) atoms. The molecule has 0 spiro atoms. The van der Waals surface area contributed by atoms with Crippen molar-refractivity contribution in [2.45, 2.75) is 12.5 Å². The van der Waals surface area contributed by atoms with Crippen LogP contribution in [0.25, 0.3) is 0 Å². The molecule has 0 fully saturated rings. The highest BCUT2D eigenvalue weighted by Crippen LogP contribution is 2.30. The number of nitrogens with zero attached hydrogens (tertiary/aromatic N) is 2. The number of likely N-dealkylation sites (N-methyl/N-ethyl adjacent to an activating group) is 1. The van der Waals surface area contributed by atoms with E-state index in [9.17, 15) is 4.79 Å². The van der Waals surface area contributed by atoms with Gasteiger partial charge in [-0.15, -0.1) is 11.3 Å². The van der Waals surface area contributed by atoms with Crippen LogP contribution in [0.3, 0.4) is 0 Å². The van der Waals surface area contributed by atoms with Crippen molar-refractivity contribution in [1.29, 1.82) is 0 Å². The Bertz CT molecular complexity index is 1020. The van der Waals surface area contributed by atoms with Gasteiger partial charge in [-0.1, -0.05) is 48.0 Å². The lowest BCUT2D eigenvalue weighted by Gasteiger charge is -2.29. The molecule has 2 heterocycles. The molecule has 0 unspecified atom stereocenters. The number of halogens is 1. The minimum Gasteiger partial charge on any atom is -0.369 e. The molecule has 1 N–H and O–H groups in total. The van der Waals surface area contributed by atoms with Gasteiger partial charge >= 0.3 is 0 Å². The first kappa shape index (κ1) is 19.7. The average Bonchev–Trinajstić information content (AvgIpc) is 3.24. The second kappa shape index (κ2) is 8.80. The van der Waals surface area contributed by atoms with Crippen LogP contribution in [0.2, 0.25) is 5.02 Å². The molecule has 4 rings (SSSR count). The normalized spacial score (nSPS) is 16.0. The van der Waals surface area contributed by atoms with E-state index in [0.717, 1.165) is 33.8 Å². The predicted molar refractivity (Wildman–Crippen MR) is 122 cm³/mol. The number of amides is 1. The number of rotatable bonds is 5. The number of hydrogen-bond donors (Lipinski definition) is 1. The minimum atomic E-state index is -0.0167. The van der Waals surface area contributed by atoms with Crippen LogP contribution in [0, 0.1) is 0 Å². The molecule has 1 amide bonds. The summed E-state index contributed by atoms with van der Waals surface area (Å²) in [4.78, 5) is 20.2. The third-order valence-corrected chi connectivity index (χ3v) is 6.26. The van der Waals surface area contributed by atoms with Crippen molar-refractivity contribution in [3.8, 4) is 0 Å². The van der Waals surface area contributed by atoms with E-state index >= 15 is 0 Å². The number of hydrogen-bond acceptors (Lipinski definition) is 4.